The molecule has 2 heterocycles. The molecule has 1 aliphatic carbocycles. The van der Waals surface area contributed by atoms with Crippen LogP contribution in [0.3, 0.4) is 0 Å². The molecule has 2 aliphatic rings. The van der Waals surface area contributed by atoms with E-state index in [1.165, 1.54) is 11.3 Å². The van der Waals surface area contributed by atoms with Gasteiger partial charge in [-0.1, -0.05) is 12.5 Å². The normalized spacial score (nSPS) is 27.9. The van der Waals surface area contributed by atoms with Crippen molar-refractivity contribution in [3.63, 3.8) is 0 Å². The largest absolute Gasteiger partial charge is 0.393 e. The summed E-state index contributed by atoms with van der Waals surface area (Å²) < 4.78 is 0. The van der Waals surface area contributed by atoms with Crippen molar-refractivity contribution in [1.29, 1.82) is 0 Å². The maximum Gasteiger partial charge on any atom is 0.264 e. The van der Waals surface area contributed by atoms with Gasteiger partial charge in [0.1, 0.15) is 6.04 Å². The fourth-order valence-electron chi connectivity index (χ4n) is 3.59. The predicted molar refractivity (Wildman–Crippen MR) is 89.4 cm³/mol. The summed E-state index contributed by atoms with van der Waals surface area (Å²) >= 11 is 1.42. The number of hydrogen-bond acceptors (Lipinski definition) is 4. The molecule has 23 heavy (non-hydrogen) atoms. The number of hydrogen-bond donors (Lipinski definition) is 2. The summed E-state index contributed by atoms with van der Waals surface area (Å²) in [7, 11) is 0. The molecule has 0 spiro atoms. The third kappa shape index (κ3) is 3.75. The first-order valence-corrected chi connectivity index (χ1v) is 9.35. The molecule has 126 valence electrons. The number of aliphatic hydroxyl groups is 1. The number of carbonyl (C=O) groups excluding carboxylic acids is 2. The van der Waals surface area contributed by atoms with E-state index in [0.29, 0.717) is 18.0 Å². The summed E-state index contributed by atoms with van der Waals surface area (Å²) in [6.45, 7) is 1.15. The number of rotatable bonds is 4. The van der Waals surface area contributed by atoms with Crippen LogP contribution >= 0.6 is 11.3 Å². The molecule has 2 N–H and O–H groups in total. The van der Waals surface area contributed by atoms with Gasteiger partial charge < -0.3 is 15.3 Å². The molecule has 1 aromatic rings. The summed E-state index contributed by atoms with van der Waals surface area (Å²) in [6, 6.07) is 3.29. The molecule has 2 fully saturated rings. The van der Waals surface area contributed by atoms with Gasteiger partial charge in [-0.05, 0) is 43.6 Å². The van der Waals surface area contributed by atoms with E-state index in [-0.39, 0.29) is 29.9 Å². The van der Waals surface area contributed by atoms with Crippen LogP contribution in [0.2, 0.25) is 0 Å². The minimum atomic E-state index is -0.378. The molecule has 3 atom stereocenters. The molecular formula is C17H24N2O3S. The van der Waals surface area contributed by atoms with Crippen LogP contribution in [0.15, 0.2) is 17.5 Å². The first kappa shape index (κ1) is 16.5. The van der Waals surface area contributed by atoms with E-state index >= 15 is 0 Å². The van der Waals surface area contributed by atoms with Crippen molar-refractivity contribution in [3.8, 4) is 0 Å². The number of thiophene rings is 1. The van der Waals surface area contributed by atoms with Gasteiger partial charge in [0.25, 0.3) is 5.91 Å². The van der Waals surface area contributed by atoms with E-state index in [2.05, 4.69) is 5.32 Å². The predicted octanol–water partition coefficient (Wildman–Crippen LogP) is 2.02. The third-order valence-electron chi connectivity index (χ3n) is 4.96. The SMILES string of the molecule is O=C(NCC1CCCC1O)C1CCCCN1C(=O)c1cccs1. The smallest absolute Gasteiger partial charge is 0.264 e. The Morgan fingerprint density at radius 3 is 2.83 bits per heavy atom. The highest BCUT2D eigenvalue weighted by molar-refractivity contribution is 7.12. The minimum Gasteiger partial charge on any atom is -0.393 e. The van der Waals surface area contributed by atoms with Crippen molar-refractivity contribution < 1.29 is 14.7 Å². The number of amides is 2. The first-order chi connectivity index (χ1) is 11.2. The Morgan fingerprint density at radius 1 is 1.26 bits per heavy atom. The Hall–Kier alpha value is -1.40. The summed E-state index contributed by atoms with van der Waals surface area (Å²) in [6.07, 6.45) is 5.15. The topological polar surface area (TPSA) is 69.6 Å². The molecule has 2 amide bonds. The van der Waals surface area contributed by atoms with Crippen LogP contribution in [0.4, 0.5) is 0 Å². The van der Waals surface area contributed by atoms with Gasteiger partial charge >= 0.3 is 0 Å². The summed E-state index contributed by atoms with van der Waals surface area (Å²) in [5.41, 5.74) is 0. The zero-order valence-electron chi connectivity index (χ0n) is 13.2. The molecule has 3 rings (SSSR count). The van der Waals surface area contributed by atoms with Gasteiger partial charge in [0.2, 0.25) is 5.91 Å². The molecule has 3 unspecified atom stereocenters. The first-order valence-electron chi connectivity index (χ1n) is 8.47. The highest BCUT2D eigenvalue weighted by atomic mass is 32.1. The zero-order chi connectivity index (χ0) is 16.2. The lowest BCUT2D eigenvalue weighted by Gasteiger charge is -2.34. The Balaban J connectivity index is 1.61. The Labute approximate surface area is 140 Å². The highest BCUT2D eigenvalue weighted by Crippen LogP contribution is 2.25. The van der Waals surface area contributed by atoms with Crippen molar-refractivity contribution in [3.05, 3.63) is 22.4 Å². The van der Waals surface area contributed by atoms with Gasteiger partial charge in [-0.2, -0.15) is 0 Å². The molecule has 1 aliphatic heterocycles. The lowest BCUT2D eigenvalue weighted by atomic mass is 10.00. The van der Waals surface area contributed by atoms with Gasteiger partial charge in [-0.3, -0.25) is 9.59 Å². The molecule has 5 nitrogen and oxygen atoms in total. The molecule has 1 saturated carbocycles. The Kier molecular flexibility index (Phi) is 5.33. The number of aliphatic hydroxyl groups excluding tert-OH is 1. The van der Waals surface area contributed by atoms with Gasteiger partial charge in [0.05, 0.1) is 11.0 Å². The number of nitrogens with one attached hydrogen (secondary N) is 1. The lowest BCUT2D eigenvalue weighted by Crippen LogP contribution is -2.52. The fourth-order valence-corrected chi connectivity index (χ4v) is 4.27. The van der Waals surface area contributed by atoms with E-state index in [4.69, 9.17) is 0 Å². The fraction of sp³-hybridized carbons (Fsp3) is 0.647. The van der Waals surface area contributed by atoms with Gasteiger partial charge in [-0.15, -0.1) is 11.3 Å². The average molecular weight is 336 g/mol. The monoisotopic (exact) mass is 336 g/mol. The maximum atomic E-state index is 12.6. The Morgan fingerprint density at radius 2 is 2.13 bits per heavy atom. The summed E-state index contributed by atoms with van der Waals surface area (Å²) in [5.74, 6) is 0.0402. The molecule has 1 aromatic heterocycles. The molecule has 0 bridgehead atoms. The van der Waals surface area contributed by atoms with Crippen molar-refractivity contribution >= 4 is 23.2 Å². The van der Waals surface area contributed by atoms with E-state index < -0.39 is 0 Å². The van der Waals surface area contributed by atoms with Crippen LogP contribution in [0.1, 0.15) is 48.2 Å². The Bertz CT molecular complexity index is 546. The van der Waals surface area contributed by atoms with Crippen LogP contribution in [0.25, 0.3) is 0 Å². The second-order valence-corrected chi connectivity index (χ2v) is 7.44. The van der Waals surface area contributed by atoms with Crippen LogP contribution in [0, 0.1) is 5.92 Å². The van der Waals surface area contributed by atoms with E-state index in [9.17, 15) is 14.7 Å². The number of piperidine rings is 1. The molecule has 0 radical (unpaired) electrons. The van der Waals surface area contributed by atoms with Crippen LogP contribution < -0.4 is 5.32 Å². The molecule has 0 aromatic carbocycles. The van der Waals surface area contributed by atoms with Gasteiger partial charge in [0.15, 0.2) is 0 Å². The third-order valence-corrected chi connectivity index (χ3v) is 5.81. The average Bonchev–Trinajstić information content (AvgIpc) is 3.24. The van der Waals surface area contributed by atoms with E-state index in [1.807, 2.05) is 17.5 Å². The summed E-state index contributed by atoms with van der Waals surface area (Å²) in [5, 5.41) is 14.7. The minimum absolute atomic E-state index is 0.0410. The van der Waals surface area contributed by atoms with Gasteiger partial charge in [0, 0.05) is 19.0 Å². The van der Waals surface area contributed by atoms with E-state index in [1.54, 1.807) is 4.90 Å². The van der Waals surface area contributed by atoms with Crippen LogP contribution in [-0.2, 0) is 4.79 Å². The van der Waals surface area contributed by atoms with Gasteiger partial charge in [-0.25, -0.2) is 0 Å². The maximum absolute atomic E-state index is 12.6. The summed E-state index contributed by atoms with van der Waals surface area (Å²) in [4.78, 5) is 27.6. The number of carbonyl (C=O) groups is 2. The number of nitrogens with zero attached hydrogens (tertiary/aromatic N) is 1. The molecule has 1 saturated heterocycles. The van der Waals surface area contributed by atoms with Crippen molar-refractivity contribution in [2.24, 2.45) is 5.92 Å². The van der Waals surface area contributed by atoms with Crippen molar-refractivity contribution in [2.45, 2.75) is 50.7 Å². The van der Waals surface area contributed by atoms with Crippen LogP contribution in [-0.4, -0.2) is 47.1 Å². The molecular weight excluding hydrogens is 312 g/mol. The number of likely N-dealkylation sites (tertiary alicyclic amines) is 1. The van der Waals surface area contributed by atoms with Crippen molar-refractivity contribution in [1.82, 2.24) is 10.2 Å². The quantitative estimate of drug-likeness (QED) is 0.884. The molecule has 6 heteroatoms. The standard InChI is InChI=1S/C17H24N2O3S/c20-14-7-3-5-12(14)11-18-16(21)13-6-1-2-9-19(13)17(22)15-8-4-10-23-15/h4,8,10,12-14,20H,1-3,5-7,9,11H2,(H,18,21). The highest BCUT2D eigenvalue weighted by Gasteiger charge is 2.34. The zero-order valence-corrected chi connectivity index (χ0v) is 14.1. The lowest BCUT2D eigenvalue weighted by molar-refractivity contribution is -0.126. The van der Waals surface area contributed by atoms with Crippen molar-refractivity contribution in [2.75, 3.05) is 13.1 Å². The van der Waals surface area contributed by atoms with Crippen LogP contribution in [0.5, 0.6) is 0 Å². The van der Waals surface area contributed by atoms with E-state index in [0.717, 1.165) is 38.5 Å². The second kappa shape index (κ2) is 7.45. The second-order valence-electron chi connectivity index (χ2n) is 6.49.